The molecule has 0 heterocycles. The van der Waals surface area contributed by atoms with E-state index in [1.165, 1.54) is 23.5 Å². The standard InChI is InChI=1S/C24H26N2O4S/c1-17(2)30-22-13-11-20(12-14-22)25-24(27)19-8-6-10-23(16-19)31(28,29)26(4)21-9-5-7-18(3)15-21/h5-17H,1-4H3,(H,25,27). The predicted molar refractivity (Wildman–Crippen MR) is 123 cm³/mol. The molecular weight excluding hydrogens is 412 g/mol. The van der Waals surface area contributed by atoms with E-state index in [9.17, 15) is 13.2 Å². The molecule has 7 heteroatoms. The van der Waals surface area contributed by atoms with Crippen molar-refractivity contribution in [2.45, 2.75) is 31.8 Å². The monoisotopic (exact) mass is 438 g/mol. The van der Waals surface area contributed by atoms with Gasteiger partial charge in [0, 0.05) is 18.3 Å². The summed E-state index contributed by atoms with van der Waals surface area (Å²) in [5.41, 5.74) is 2.35. The first-order valence-electron chi connectivity index (χ1n) is 9.90. The van der Waals surface area contributed by atoms with Gasteiger partial charge in [-0.1, -0.05) is 18.2 Å². The molecule has 0 aliphatic heterocycles. The maximum atomic E-state index is 13.1. The Hall–Kier alpha value is -3.32. The van der Waals surface area contributed by atoms with E-state index >= 15 is 0 Å². The first-order chi connectivity index (χ1) is 14.7. The number of carbonyl (C=O) groups is 1. The van der Waals surface area contributed by atoms with Crippen molar-refractivity contribution in [3.05, 3.63) is 83.9 Å². The van der Waals surface area contributed by atoms with Gasteiger partial charge in [-0.25, -0.2) is 8.42 Å². The summed E-state index contributed by atoms with van der Waals surface area (Å²) in [6.07, 6.45) is 0.0584. The van der Waals surface area contributed by atoms with Crippen molar-refractivity contribution >= 4 is 27.3 Å². The van der Waals surface area contributed by atoms with E-state index < -0.39 is 15.9 Å². The number of ether oxygens (including phenoxy) is 1. The molecule has 1 N–H and O–H groups in total. The highest BCUT2D eigenvalue weighted by atomic mass is 32.2. The SMILES string of the molecule is Cc1cccc(N(C)S(=O)(=O)c2cccc(C(=O)Nc3ccc(OC(C)C)cc3)c2)c1. The van der Waals surface area contributed by atoms with Gasteiger partial charge >= 0.3 is 0 Å². The number of amides is 1. The number of hydrogen-bond acceptors (Lipinski definition) is 4. The molecule has 0 saturated carbocycles. The first-order valence-corrected chi connectivity index (χ1v) is 11.3. The van der Waals surface area contributed by atoms with Crippen molar-refractivity contribution in [2.24, 2.45) is 0 Å². The summed E-state index contributed by atoms with van der Waals surface area (Å²) in [6, 6.07) is 20.2. The van der Waals surface area contributed by atoms with Gasteiger partial charge in [-0.2, -0.15) is 0 Å². The van der Waals surface area contributed by atoms with Crippen LogP contribution in [0.2, 0.25) is 0 Å². The third-order valence-corrected chi connectivity index (χ3v) is 6.39. The first kappa shape index (κ1) is 22.4. The van der Waals surface area contributed by atoms with Crippen molar-refractivity contribution < 1.29 is 17.9 Å². The number of hydrogen-bond donors (Lipinski definition) is 1. The van der Waals surface area contributed by atoms with E-state index in [0.717, 1.165) is 5.56 Å². The molecule has 0 fully saturated rings. The number of carbonyl (C=O) groups excluding carboxylic acids is 1. The average molecular weight is 439 g/mol. The number of anilines is 2. The highest BCUT2D eigenvalue weighted by Gasteiger charge is 2.22. The Morgan fingerprint density at radius 1 is 0.968 bits per heavy atom. The van der Waals surface area contributed by atoms with E-state index in [1.54, 1.807) is 54.6 Å². The molecule has 1 amide bonds. The van der Waals surface area contributed by atoms with Gasteiger partial charge in [0.1, 0.15) is 5.75 Å². The number of rotatable bonds is 7. The lowest BCUT2D eigenvalue weighted by molar-refractivity contribution is 0.102. The molecular formula is C24H26N2O4S. The largest absolute Gasteiger partial charge is 0.491 e. The Kier molecular flexibility index (Phi) is 6.65. The van der Waals surface area contributed by atoms with E-state index in [0.29, 0.717) is 17.1 Å². The minimum Gasteiger partial charge on any atom is -0.491 e. The summed E-state index contributed by atoms with van der Waals surface area (Å²) >= 11 is 0. The second-order valence-electron chi connectivity index (χ2n) is 7.48. The van der Waals surface area contributed by atoms with Crippen LogP contribution < -0.4 is 14.4 Å². The predicted octanol–water partition coefficient (Wildman–Crippen LogP) is 4.86. The lowest BCUT2D eigenvalue weighted by Crippen LogP contribution is -2.27. The number of nitrogens with zero attached hydrogens (tertiary/aromatic N) is 1. The van der Waals surface area contributed by atoms with Gasteiger partial charge in [0.15, 0.2) is 0 Å². The highest BCUT2D eigenvalue weighted by Crippen LogP contribution is 2.24. The molecule has 0 aromatic heterocycles. The fourth-order valence-electron chi connectivity index (χ4n) is 3.01. The zero-order chi connectivity index (χ0) is 22.6. The van der Waals surface area contributed by atoms with Crippen LogP contribution in [-0.2, 0) is 10.0 Å². The highest BCUT2D eigenvalue weighted by molar-refractivity contribution is 7.92. The summed E-state index contributed by atoms with van der Waals surface area (Å²) in [5.74, 6) is 0.313. The summed E-state index contributed by atoms with van der Waals surface area (Å²) < 4.78 is 33.0. The topological polar surface area (TPSA) is 75.7 Å². The molecule has 6 nitrogen and oxygen atoms in total. The van der Waals surface area contributed by atoms with Crippen molar-refractivity contribution in [3.8, 4) is 5.75 Å². The Morgan fingerprint density at radius 3 is 2.29 bits per heavy atom. The third kappa shape index (κ3) is 5.44. The fraction of sp³-hybridized carbons (Fsp3) is 0.208. The van der Waals surface area contributed by atoms with Gasteiger partial charge < -0.3 is 10.1 Å². The van der Waals surface area contributed by atoms with Gasteiger partial charge in [-0.05, 0) is 80.9 Å². The molecule has 0 saturated heterocycles. The van der Waals surface area contributed by atoms with E-state index in [4.69, 9.17) is 4.74 Å². The molecule has 0 aliphatic rings. The normalized spacial score (nSPS) is 11.3. The quantitative estimate of drug-likeness (QED) is 0.572. The Labute approximate surface area is 183 Å². The second kappa shape index (κ2) is 9.22. The number of sulfonamides is 1. The fourth-order valence-corrected chi connectivity index (χ4v) is 4.24. The van der Waals surface area contributed by atoms with Gasteiger partial charge in [0.05, 0.1) is 16.7 Å². The number of aryl methyl sites for hydroxylation is 1. The lowest BCUT2D eigenvalue weighted by Gasteiger charge is -2.20. The second-order valence-corrected chi connectivity index (χ2v) is 9.45. The summed E-state index contributed by atoms with van der Waals surface area (Å²) in [4.78, 5) is 12.7. The Morgan fingerprint density at radius 2 is 1.65 bits per heavy atom. The van der Waals surface area contributed by atoms with Gasteiger partial charge in [0.25, 0.3) is 15.9 Å². The van der Waals surface area contributed by atoms with Crippen molar-refractivity contribution in [1.82, 2.24) is 0 Å². The van der Waals surface area contributed by atoms with Crippen LogP contribution in [0.15, 0.2) is 77.7 Å². The van der Waals surface area contributed by atoms with Gasteiger partial charge in [-0.3, -0.25) is 9.10 Å². The Balaban J connectivity index is 1.79. The summed E-state index contributed by atoms with van der Waals surface area (Å²) in [7, 11) is -2.32. The molecule has 3 aromatic rings. The van der Waals surface area contributed by atoms with Crippen LogP contribution in [-0.4, -0.2) is 27.5 Å². The molecule has 0 aliphatic carbocycles. The number of benzene rings is 3. The van der Waals surface area contributed by atoms with E-state index in [1.807, 2.05) is 26.8 Å². The van der Waals surface area contributed by atoms with E-state index in [-0.39, 0.29) is 16.6 Å². The van der Waals surface area contributed by atoms with Crippen molar-refractivity contribution in [1.29, 1.82) is 0 Å². The molecule has 162 valence electrons. The summed E-state index contributed by atoms with van der Waals surface area (Å²) in [5, 5.41) is 2.78. The molecule has 0 radical (unpaired) electrons. The van der Waals surface area contributed by atoms with Crippen LogP contribution in [0, 0.1) is 6.92 Å². The number of nitrogens with one attached hydrogen (secondary N) is 1. The summed E-state index contributed by atoms with van der Waals surface area (Å²) in [6.45, 7) is 5.77. The van der Waals surface area contributed by atoms with Crippen molar-refractivity contribution in [2.75, 3.05) is 16.7 Å². The lowest BCUT2D eigenvalue weighted by atomic mass is 10.2. The zero-order valence-electron chi connectivity index (χ0n) is 18.0. The molecule has 3 rings (SSSR count). The Bertz CT molecular complexity index is 1170. The van der Waals surface area contributed by atoms with E-state index in [2.05, 4.69) is 5.32 Å². The minimum atomic E-state index is -3.82. The van der Waals surface area contributed by atoms with Gasteiger partial charge in [0.2, 0.25) is 0 Å². The molecule has 0 atom stereocenters. The molecule has 0 unspecified atom stereocenters. The van der Waals surface area contributed by atoms with Crippen LogP contribution in [0.5, 0.6) is 5.75 Å². The molecule has 0 spiro atoms. The van der Waals surface area contributed by atoms with Crippen LogP contribution in [0.3, 0.4) is 0 Å². The minimum absolute atomic E-state index is 0.0461. The molecule has 0 bridgehead atoms. The maximum absolute atomic E-state index is 13.1. The third-order valence-electron chi connectivity index (χ3n) is 4.60. The zero-order valence-corrected chi connectivity index (χ0v) is 18.8. The van der Waals surface area contributed by atoms with Crippen LogP contribution >= 0.6 is 0 Å². The van der Waals surface area contributed by atoms with Crippen molar-refractivity contribution in [3.63, 3.8) is 0 Å². The maximum Gasteiger partial charge on any atom is 0.264 e. The van der Waals surface area contributed by atoms with Crippen LogP contribution in [0.4, 0.5) is 11.4 Å². The van der Waals surface area contributed by atoms with Crippen LogP contribution in [0.1, 0.15) is 29.8 Å². The average Bonchev–Trinajstić information content (AvgIpc) is 2.74. The molecule has 3 aromatic carbocycles. The van der Waals surface area contributed by atoms with Crippen LogP contribution in [0.25, 0.3) is 0 Å². The smallest absolute Gasteiger partial charge is 0.264 e. The molecule has 31 heavy (non-hydrogen) atoms. The van der Waals surface area contributed by atoms with Gasteiger partial charge in [-0.15, -0.1) is 0 Å².